The number of hydrogen-bond donors (Lipinski definition) is 1. The summed E-state index contributed by atoms with van der Waals surface area (Å²) >= 11 is 0. The van der Waals surface area contributed by atoms with E-state index in [-0.39, 0.29) is 5.76 Å². The lowest BCUT2D eigenvalue weighted by Crippen LogP contribution is -2.20. The maximum absolute atomic E-state index is 10.8. The van der Waals surface area contributed by atoms with Gasteiger partial charge in [-0.2, -0.15) is 0 Å². The molecule has 24 heavy (non-hydrogen) atoms. The zero-order valence-corrected chi connectivity index (χ0v) is 16.9. The van der Waals surface area contributed by atoms with Gasteiger partial charge in [-0.15, -0.1) is 0 Å². The average Bonchev–Trinajstić information content (AvgIpc) is 2.48. The van der Waals surface area contributed by atoms with Crippen molar-refractivity contribution in [2.45, 2.75) is 73.6 Å². The molecule has 1 rings (SSSR count). The molecule has 3 heteroatoms. The van der Waals surface area contributed by atoms with E-state index in [1.165, 1.54) is 25.0 Å². The van der Waals surface area contributed by atoms with Crippen molar-refractivity contribution in [1.82, 2.24) is 0 Å². The molecule has 1 aliphatic rings. The third-order valence-corrected chi connectivity index (χ3v) is 2.98. The zero-order chi connectivity index (χ0) is 19.4. The van der Waals surface area contributed by atoms with E-state index in [1.807, 2.05) is 27.7 Å². The van der Waals surface area contributed by atoms with Crippen LogP contribution in [0.2, 0.25) is 0 Å². The Hall–Kier alpha value is -1.64. The monoisotopic (exact) mass is 337 g/mol. The van der Waals surface area contributed by atoms with E-state index in [1.54, 1.807) is 19.2 Å². The van der Waals surface area contributed by atoms with Gasteiger partial charge in [0.2, 0.25) is 0 Å². The SMILES string of the molecule is C=C/C=C(O)/C=C/C.CCC.CCC(=O)C1CCC1.CN=C(C)C. The molecular weight excluding hydrogens is 298 g/mol. The minimum absolute atomic E-state index is 0.238. The minimum atomic E-state index is 0.238. The number of carbonyl (C=O) groups excluding carboxylic acids is 1. The van der Waals surface area contributed by atoms with Gasteiger partial charge in [-0.25, -0.2) is 0 Å². The van der Waals surface area contributed by atoms with E-state index in [9.17, 15) is 4.79 Å². The van der Waals surface area contributed by atoms with Gasteiger partial charge in [-0.1, -0.05) is 52.3 Å². The fraction of sp³-hybridized carbons (Fsp3) is 0.619. The van der Waals surface area contributed by atoms with Crippen LogP contribution in [0.15, 0.2) is 41.6 Å². The van der Waals surface area contributed by atoms with E-state index < -0.39 is 0 Å². The summed E-state index contributed by atoms with van der Waals surface area (Å²) in [6, 6.07) is 0. The van der Waals surface area contributed by atoms with Crippen LogP contribution in [0.3, 0.4) is 0 Å². The number of rotatable bonds is 4. The number of Topliss-reactive ketones (excluding diaryl/α,β-unsaturated/α-hetero) is 1. The van der Waals surface area contributed by atoms with Crippen LogP contribution in [0.25, 0.3) is 0 Å². The first-order valence-electron chi connectivity index (χ1n) is 8.91. The van der Waals surface area contributed by atoms with Crippen molar-refractivity contribution in [1.29, 1.82) is 0 Å². The summed E-state index contributed by atoms with van der Waals surface area (Å²) in [4.78, 5) is 14.6. The lowest BCUT2D eigenvalue weighted by molar-refractivity contribution is -0.124. The van der Waals surface area contributed by atoms with Crippen LogP contribution < -0.4 is 0 Å². The topological polar surface area (TPSA) is 49.7 Å². The van der Waals surface area contributed by atoms with Crippen molar-refractivity contribution in [3.05, 3.63) is 36.6 Å². The Bertz CT molecular complexity index is 385. The standard InChI is InChI=1S/C7H12O.C7H10O.C4H9N.C3H8/c1-2-7(8)6-4-3-5-6;1-3-5-7(8)6-4-2;1-4(2)5-3;1-3-2/h6H,2-5H2,1H3;3-6,8H,1H2,2H3;1-3H3;3H2,1-2H3/b;6-4+,7-5-;;. The molecule has 0 unspecified atom stereocenters. The van der Waals surface area contributed by atoms with Crippen LogP contribution >= 0.6 is 0 Å². The zero-order valence-electron chi connectivity index (χ0n) is 16.9. The predicted octanol–water partition coefficient (Wildman–Crippen LogP) is 6.47. The van der Waals surface area contributed by atoms with Gasteiger partial charge < -0.3 is 5.11 Å². The molecule has 0 aromatic heterocycles. The molecule has 1 saturated carbocycles. The van der Waals surface area contributed by atoms with Gasteiger partial charge in [-0.05, 0) is 45.8 Å². The molecule has 0 atom stereocenters. The third kappa shape index (κ3) is 22.6. The quantitative estimate of drug-likeness (QED) is 0.363. The Morgan fingerprint density at radius 1 is 1.25 bits per heavy atom. The number of nitrogens with zero attached hydrogens (tertiary/aromatic N) is 1. The normalized spacial score (nSPS) is 13.0. The van der Waals surface area contributed by atoms with Crippen LogP contribution in [0.1, 0.15) is 73.6 Å². The molecule has 0 aromatic rings. The molecule has 1 aliphatic carbocycles. The second kappa shape index (κ2) is 21.4. The first kappa shape index (κ1) is 27.2. The van der Waals surface area contributed by atoms with Crippen molar-refractivity contribution in [2.75, 3.05) is 7.05 Å². The summed E-state index contributed by atoms with van der Waals surface area (Å²) in [5, 5.41) is 8.75. The van der Waals surface area contributed by atoms with Crippen LogP contribution in [0.5, 0.6) is 0 Å². The van der Waals surface area contributed by atoms with Gasteiger partial charge in [0.25, 0.3) is 0 Å². The van der Waals surface area contributed by atoms with Gasteiger partial charge in [-0.3, -0.25) is 9.79 Å². The Kier molecular flexibility index (Phi) is 24.2. The van der Waals surface area contributed by atoms with Crippen molar-refractivity contribution >= 4 is 11.5 Å². The van der Waals surface area contributed by atoms with Gasteiger partial charge >= 0.3 is 0 Å². The molecule has 0 saturated heterocycles. The second-order valence-electron chi connectivity index (χ2n) is 5.65. The molecule has 0 bridgehead atoms. The predicted molar refractivity (Wildman–Crippen MR) is 109 cm³/mol. The Morgan fingerprint density at radius 2 is 1.71 bits per heavy atom. The van der Waals surface area contributed by atoms with E-state index >= 15 is 0 Å². The number of aliphatic hydroxyl groups excluding tert-OH is 1. The van der Waals surface area contributed by atoms with E-state index in [0.717, 1.165) is 25.0 Å². The summed E-state index contributed by atoms with van der Waals surface area (Å²) in [6.07, 6.45) is 12.0. The number of ketones is 1. The Morgan fingerprint density at radius 3 is 1.88 bits per heavy atom. The van der Waals surface area contributed by atoms with Gasteiger partial charge in [0.15, 0.2) is 0 Å². The molecule has 0 aromatic carbocycles. The molecule has 0 radical (unpaired) electrons. The van der Waals surface area contributed by atoms with E-state index in [4.69, 9.17) is 5.11 Å². The Labute approximate surface area is 150 Å². The molecule has 0 amide bonds. The fourth-order valence-corrected chi connectivity index (χ4v) is 1.37. The maximum atomic E-state index is 10.8. The highest BCUT2D eigenvalue weighted by Gasteiger charge is 2.22. The maximum Gasteiger partial charge on any atom is 0.135 e. The summed E-state index contributed by atoms with van der Waals surface area (Å²) in [6.45, 7) is 15.4. The third-order valence-electron chi connectivity index (χ3n) is 2.98. The molecule has 1 N–H and O–H groups in total. The van der Waals surface area contributed by atoms with E-state index in [2.05, 4.69) is 25.4 Å². The fourth-order valence-electron chi connectivity index (χ4n) is 1.37. The number of aliphatic imine (C=N–C) groups is 1. The molecular formula is C21H39NO2. The molecule has 0 heterocycles. The average molecular weight is 338 g/mol. The van der Waals surface area contributed by atoms with E-state index in [0.29, 0.717) is 11.7 Å². The highest BCUT2D eigenvalue weighted by atomic mass is 16.3. The van der Waals surface area contributed by atoms with Gasteiger partial charge in [0.05, 0.1) is 0 Å². The highest BCUT2D eigenvalue weighted by molar-refractivity contribution is 5.81. The number of allylic oxidation sites excluding steroid dienone is 4. The number of carbonyl (C=O) groups is 1. The minimum Gasteiger partial charge on any atom is -0.508 e. The lowest BCUT2D eigenvalue weighted by Gasteiger charge is -2.22. The smallest absolute Gasteiger partial charge is 0.135 e. The van der Waals surface area contributed by atoms with Crippen molar-refractivity contribution in [2.24, 2.45) is 10.9 Å². The van der Waals surface area contributed by atoms with Crippen LogP contribution in [0.4, 0.5) is 0 Å². The van der Waals surface area contributed by atoms with Crippen LogP contribution in [-0.4, -0.2) is 23.6 Å². The summed E-state index contributed by atoms with van der Waals surface area (Å²) in [5.74, 6) is 1.17. The Balaban J connectivity index is -0.000000261. The molecule has 1 fully saturated rings. The lowest BCUT2D eigenvalue weighted by atomic mass is 9.81. The van der Waals surface area contributed by atoms with Crippen molar-refractivity contribution in [3.63, 3.8) is 0 Å². The summed E-state index contributed by atoms with van der Waals surface area (Å²) in [5.41, 5.74) is 1.13. The molecule has 140 valence electrons. The molecule has 0 aliphatic heterocycles. The van der Waals surface area contributed by atoms with Crippen molar-refractivity contribution in [3.8, 4) is 0 Å². The summed E-state index contributed by atoms with van der Waals surface area (Å²) in [7, 11) is 1.79. The number of hydrogen-bond acceptors (Lipinski definition) is 3. The van der Waals surface area contributed by atoms with Gasteiger partial charge in [0, 0.05) is 25.1 Å². The summed E-state index contributed by atoms with van der Waals surface area (Å²) < 4.78 is 0. The first-order valence-corrected chi connectivity index (χ1v) is 8.91. The molecule has 0 spiro atoms. The highest BCUT2D eigenvalue weighted by Crippen LogP contribution is 2.27. The second-order valence-corrected chi connectivity index (χ2v) is 5.65. The largest absolute Gasteiger partial charge is 0.508 e. The van der Waals surface area contributed by atoms with Gasteiger partial charge in [0.1, 0.15) is 11.5 Å². The first-order chi connectivity index (χ1) is 11.3. The number of aliphatic hydroxyl groups is 1. The van der Waals surface area contributed by atoms with Crippen LogP contribution in [-0.2, 0) is 4.79 Å². The van der Waals surface area contributed by atoms with Crippen LogP contribution in [0, 0.1) is 5.92 Å². The molecule has 3 nitrogen and oxygen atoms in total. The van der Waals surface area contributed by atoms with Crippen molar-refractivity contribution < 1.29 is 9.90 Å².